The molecule has 1 nitrogen and oxygen atoms in total. The molecule has 2 rings (SSSR count). The van der Waals surface area contributed by atoms with Gasteiger partial charge in [-0.15, -0.1) is 0 Å². The molecule has 3 atom stereocenters. The smallest absolute Gasteiger partial charge is 0.153 e. The third-order valence-corrected chi connectivity index (χ3v) is 5.50. The maximum atomic E-state index is 4.36. The van der Waals surface area contributed by atoms with E-state index in [1.54, 1.807) is 0 Å². The van der Waals surface area contributed by atoms with Gasteiger partial charge in [0.15, 0.2) is 6.04 Å². The van der Waals surface area contributed by atoms with Crippen molar-refractivity contribution in [1.29, 1.82) is 0 Å². The highest BCUT2D eigenvalue weighted by atomic mass is 15.5. The van der Waals surface area contributed by atoms with Crippen LogP contribution in [0.2, 0.25) is 0 Å². The van der Waals surface area contributed by atoms with Gasteiger partial charge in [0.2, 0.25) is 0 Å². The van der Waals surface area contributed by atoms with Crippen LogP contribution in [0.4, 0.5) is 0 Å². The van der Waals surface area contributed by atoms with Crippen molar-refractivity contribution in [2.24, 2.45) is 5.41 Å². The molecule has 0 aliphatic carbocycles. The molecule has 0 saturated carbocycles. The van der Waals surface area contributed by atoms with E-state index >= 15 is 0 Å². The fourth-order valence-corrected chi connectivity index (χ4v) is 3.49. The molecule has 126 valence electrons. The number of allylic oxidation sites excluding steroid dienone is 3. The highest BCUT2D eigenvalue weighted by molar-refractivity contribution is 5.53. The Morgan fingerprint density at radius 2 is 1.92 bits per heavy atom. The molecule has 3 unspecified atom stereocenters. The molecule has 1 aliphatic rings. The second-order valence-electron chi connectivity index (χ2n) is 7.23. The fraction of sp³-hybridized carbons (Fsp3) is 0.304. The van der Waals surface area contributed by atoms with Crippen LogP contribution in [0.1, 0.15) is 26.3 Å². The highest BCUT2D eigenvalue weighted by Crippen LogP contribution is 2.49. The monoisotopic (exact) mass is 320 g/mol. The Morgan fingerprint density at radius 1 is 1.25 bits per heavy atom. The molecule has 1 saturated heterocycles. The lowest BCUT2D eigenvalue weighted by Crippen LogP contribution is -2.37. The number of quaternary nitrogens is 1. The van der Waals surface area contributed by atoms with Crippen LogP contribution >= 0.6 is 0 Å². The van der Waals surface area contributed by atoms with Crippen LogP contribution in [-0.4, -0.2) is 23.1 Å². The molecule has 1 fully saturated rings. The molecule has 1 heterocycles. The van der Waals surface area contributed by atoms with Gasteiger partial charge in [0.1, 0.15) is 12.6 Å². The summed E-state index contributed by atoms with van der Waals surface area (Å²) in [6.07, 6.45) is 12.5. The van der Waals surface area contributed by atoms with E-state index in [0.717, 1.165) is 16.6 Å². The SMILES string of the molecule is C=CC=CC(C)[N+]1(C=C)CC1C(C)(C)C(=C)C=Cc1ccccc1. The van der Waals surface area contributed by atoms with E-state index in [2.05, 4.69) is 89.2 Å². The Bertz CT molecular complexity index is 663. The lowest BCUT2D eigenvalue weighted by Gasteiger charge is -2.29. The van der Waals surface area contributed by atoms with E-state index in [9.17, 15) is 0 Å². The number of hydrogen-bond donors (Lipinski definition) is 0. The maximum absolute atomic E-state index is 4.36. The topological polar surface area (TPSA) is 0 Å². The average molecular weight is 320 g/mol. The van der Waals surface area contributed by atoms with Gasteiger partial charge in [-0.25, -0.2) is 0 Å². The van der Waals surface area contributed by atoms with Gasteiger partial charge in [0.25, 0.3) is 0 Å². The first-order valence-electron chi connectivity index (χ1n) is 8.61. The zero-order valence-electron chi connectivity index (χ0n) is 15.3. The molecule has 0 N–H and O–H groups in total. The highest BCUT2D eigenvalue weighted by Gasteiger charge is 2.63. The summed E-state index contributed by atoms with van der Waals surface area (Å²) >= 11 is 0. The Kier molecular flexibility index (Phi) is 5.46. The second-order valence-corrected chi connectivity index (χ2v) is 7.23. The summed E-state index contributed by atoms with van der Waals surface area (Å²) < 4.78 is 0.912. The van der Waals surface area contributed by atoms with Crippen LogP contribution in [-0.2, 0) is 0 Å². The van der Waals surface area contributed by atoms with Crippen molar-refractivity contribution in [3.05, 3.63) is 91.7 Å². The normalized spacial score (nSPS) is 24.9. The van der Waals surface area contributed by atoms with Gasteiger partial charge in [-0.3, -0.25) is 4.48 Å². The van der Waals surface area contributed by atoms with E-state index in [1.807, 2.05) is 18.2 Å². The van der Waals surface area contributed by atoms with Crippen LogP contribution in [0.5, 0.6) is 0 Å². The quantitative estimate of drug-likeness (QED) is 0.325. The van der Waals surface area contributed by atoms with Gasteiger partial charge in [-0.2, -0.15) is 0 Å². The molecule has 0 amide bonds. The summed E-state index contributed by atoms with van der Waals surface area (Å²) in [6, 6.07) is 11.3. The summed E-state index contributed by atoms with van der Waals surface area (Å²) in [5, 5.41) is 0. The van der Waals surface area contributed by atoms with E-state index in [4.69, 9.17) is 0 Å². The summed E-state index contributed by atoms with van der Waals surface area (Å²) in [5.74, 6) is 0. The van der Waals surface area contributed by atoms with Gasteiger partial charge < -0.3 is 0 Å². The van der Waals surface area contributed by atoms with Gasteiger partial charge in [-0.1, -0.05) is 67.8 Å². The van der Waals surface area contributed by atoms with Crippen LogP contribution in [0.15, 0.2) is 86.1 Å². The average Bonchev–Trinajstić information content (AvgIpc) is 3.35. The zero-order chi connectivity index (χ0) is 17.8. The minimum absolute atomic E-state index is 0.0236. The van der Waals surface area contributed by atoms with E-state index in [1.165, 1.54) is 5.56 Å². The number of benzene rings is 1. The third kappa shape index (κ3) is 3.52. The van der Waals surface area contributed by atoms with Crippen molar-refractivity contribution < 1.29 is 4.48 Å². The van der Waals surface area contributed by atoms with Gasteiger partial charge in [0.05, 0.1) is 6.20 Å². The first-order valence-corrected chi connectivity index (χ1v) is 8.61. The molecule has 1 aromatic rings. The van der Waals surface area contributed by atoms with Crippen molar-refractivity contribution in [1.82, 2.24) is 0 Å². The Hall–Kier alpha value is -2.12. The Labute approximate surface area is 147 Å². The second kappa shape index (κ2) is 7.19. The number of hydrogen-bond acceptors (Lipinski definition) is 0. The minimum Gasteiger partial charge on any atom is -0.280 e. The Morgan fingerprint density at radius 3 is 2.50 bits per heavy atom. The van der Waals surface area contributed by atoms with Crippen molar-refractivity contribution >= 4 is 6.08 Å². The summed E-state index contributed by atoms with van der Waals surface area (Å²) in [7, 11) is 0. The first kappa shape index (κ1) is 18.2. The lowest BCUT2D eigenvalue weighted by molar-refractivity contribution is -0.781. The van der Waals surface area contributed by atoms with E-state index < -0.39 is 0 Å². The van der Waals surface area contributed by atoms with Crippen LogP contribution in [0.25, 0.3) is 6.08 Å². The molecule has 0 spiro atoms. The maximum Gasteiger partial charge on any atom is 0.153 e. The standard InChI is InChI=1S/C23H30N/c1-7-9-13-20(4)24(8-2)18-22(24)23(5,6)19(3)16-17-21-14-11-10-12-15-21/h7-17,20,22H,1-3,18H2,4-6H3/q+1. The third-order valence-electron chi connectivity index (χ3n) is 5.50. The van der Waals surface area contributed by atoms with E-state index in [-0.39, 0.29) is 5.41 Å². The van der Waals surface area contributed by atoms with Crippen LogP contribution in [0.3, 0.4) is 0 Å². The molecule has 0 radical (unpaired) electrons. The largest absolute Gasteiger partial charge is 0.280 e. The lowest BCUT2D eigenvalue weighted by atomic mass is 9.80. The van der Waals surface area contributed by atoms with Crippen LogP contribution < -0.4 is 0 Å². The number of nitrogens with zero attached hydrogens (tertiary/aromatic N) is 1. The van der Waals surface area contributed by atoms with Gasteiger partial charge in [-0.05, 0) is 44.6 Å². The zero-order valence-corrected chi connectivity index (χ0v) is 15.3. The molecule has 24 heavy (non-hydrogen) atoms. The summed E-state index contributed by atoms with van der Waals surface area (Å²) in [5.41, 5.74) is 2.39. The van der Waals surface area contributed by atoms with Gasteiger partial charge in [0, 0.05) is 5.41 Å². The predicted octanol–water partition coefficient (Wildman–Crippen LogP) is 5.76. The predicted molar refractivity (Wildman–Crippen MR) is 106 cm³/mol. The van der Waals surface area contributed by atoms with Crippen LogP contribution in [0, 0.1) is 5.41 Å². The van der Waals surface area contributed by atoms with Crippen molar-refractivity contribution in [3.63, 3.8) is 0 Å². The molecular weight excluding hydrogens is 290 g/mol. The molecule has 0 aromatic heterocycles. The first-order chi connectivity index (χ1) is 11.4. The summed E-state index contributed by atoms with van der Waals surface area (Å²) in [4.78, 5) is 0. The number of rotatable bonds is 8. The molecular formula is C23H30N+. The van der Waals surface area contributed by atoms with Crippen molar-refractivity contribution in [2.45, 2.75) is 32.9 Å². The summed E-state index contributed by atoms with van der Waals surface area (Å²) in [6.45, 7) is 20.2. The molecule has 0 bridgehead atoms. The molecule has 1 aliphatic heterocycles. The van der Waals surface area contributed by atoms with E-state index in [0.29, 0.717) is 12.1 Å². The van der Waals surface area contributed by atoms with Crippen molar-refractivity contribution in [2.75, 3.05) is 6.54 Å². The van der Waals surface area contributed by atoms with Crippen molar-refractivity contribution in [3.8, 4) is 0 Å². The minimum atomic E-state index is 0.0236. The fourth-order valence-electron chi connectivity index (χ4n) is 3.49. The van der Waals surface area contributed by atoms with Gasteiger partial charge >= 0.3 is 0 Å². The molecule has 1 heteroatoms. The molecule has 1 aromatic carbocycles. The Balaban J connectivity index is 2.14.